The molecule has 0 spiro atoms. The van der Waals surface area contributed by atoms with Crippen LogP contribution in [-0.2, 0) is 0 Å². The molecule has 0 radical (unpaired) electrons. The van der Waals surface area contributed by atoms with Gasteiger partial charge >= 0.3 is 0 Å². The molecule has 1 atom stereocenters. The Hall–Kier alpha value is -1.16. The topological polar surface area (TPSA) is 25.4 Å². The lowest BCUT2D eigenvalue weighted by Crippen LogP contribution is -2.50. The van der Waals surface area contributed by atoms with Gasteiger partial charge in [-0.05, 0) is 31.5 Å². The third-order valence-electron chi connectivity index (χ3n) is 2.92. The van der Waals surface area contributed by atoms with Gasteiger partial charge in [-0.1, -0.05) is 6.92 Å². The number of pyridine rings is 1. The Bertz CT molecular complexity index is 328. The number of nitrogens with zero attached hydrogens (tertiary/aromatic N) is 2. The first-order chi connectivity index (χ1) is 7.79. The van der Waals surface area contributed by atoms with E-state index in [-0.39, 0.29) is 0 Å². The van der Waals surface area contributed by atoms with Crippen LogP contribution in [0.4, 0.5) is 4.39 Å². The van der Waals surface area contributed by atoms with Crippen molar-refractivity contribution in [2.45, 2.75) is 25.8 Å². The van der Waals surface area contributed by atoms with E-state index in [0.29, 0.717) is 18.4 Å². The summed E-state index contributed by atoms with van der Waals surface area (Å²) in [5, 5.41) is 0. The summed E-state index contributed by atoms with van der Waals surface area (Å²) in [5.74, 6) is 0.174. The fourth-order valence-corrected chi connectivity index (χ4v) is 1.90. The summed E-state index contributed by atoms with van der Waals surface area (Å²) < 4.78 is 18.1. The Morgan fingerprint density at radius 3 is 3.00 bits per heavy atom. The van der Waals surface area contributed by atoms with E-state index >= 15 is 0 Å². The Kier molecular flexibility index (Phi) is 3.72. The third kappa shape index (κ3) is 2.70. The maximum atomic E-state index is 12.6. The average molecular weight is 224 g/mol. The van der Waals surface area contributed by atoms with Crippen LogP contribution < -0.4 is 4.74 Å². The Morgan fingerprint density at radius 1 is 1.56 bits per heavy atom. The van der Waals surface area contributed by atoms with Crippen LogP contribution in [0.15, 0.2) is 18.3 Å². The number of hydrogen-bond acceptors (Lipinski definition) is 3. The molecule has 3 nitrogen and oxygen atoms in total. The first-order valence-corrected chi connectivity index (χ1v) is 5.78. The van der Waals surface area contributed by atoms with Gasteiger partial charge in [0.1, 0.15) is 12.4 Å². The van der Waals surface area contributed by atoms with Gasteiger partial charge < -0.3 is 4.74 Å². The molecular weight excluding hydrogens is 207 g/mol. The molecule has 2 rings (SSSR count). The van der Waals surface area contributed by atoms with E-state index in [2.05, 4.69) is 16.8 Å². The molecule has 0 unspecified atom stereocenters. The van der Waals surface area contributed by atoms with Crippen molar-refractivity contribution in [3.63, 3.8) is 0 Å². The summed E-state index contributed by atoms with van der Waals surface area (Å²) >= 11 is 0. The number of likely N-dealkylation sites (tertiary alicyclic amines) is 1. The van der Waals surface area contributed by atoms with Crippen molar-refractivity contribution in [1.29, 1.82) is 0 Å². The van der Waals surface area contributed by atoms with Crippen molar-refractivity contribution in [3.05, 3.63) is 24.3 Å². The lowest BCUT2D eigenvalue weighted by atomic mass is 10.0. The zero-order valence-corrected chi connectivity index (χ0v) is 9.53. The van der Waals surface area contributed by atoms with E-state index < -0.39 is 5.95 Å². The van der Waals surface area contributed by atoms with E-state index in [1.54, 1.807) is 6.07 Å². The maximum Gasteiger partial charge on any atom is 0.213 e. The van der Waals surface area contributed by atoms with Crippen molar-refractivity contribution < 1.29 is 9.13 Å². The first kappa shape index (κ1) is 11.3. The number of rotatable bonds is 5. The predicted octanol–water partition coefficient (Wildman–Crippen LogP) is 2.08. The molecule has 1 aromatic heterocycles. The molecule has 1 aliphatic heterocycles. The molecule has 0 amide bonds. The van der Waals surface area contributed by atoms with Crippen molar-refractivity contribution in [1.82, 2.24) is 9.88 Å². The summed E-state index contributed by atoms with van der Waals surface area (Å²) in [6.07, 6.45) is 3.79. The zero-order chi connectivity index (χ0) is 11.4. The zero-order valence-electron chi connectivity index (χ0n) is 9.53. The van der Waals surface area contributed by atoms with Gasteiger partial charge in [-0.2, -0.15) is 4.39 Å². The summed E-state index contributed by atoms with van der Waals surface area (Å²) in [6, 6.07) is 3.45. The smallest absolute Gasteiger partial charge is 0.213 e. The molecule has 4 heteroatoms. The quantitative estimate of drug-likeness (QED) is 0.716. The van der Waals surface area contributed by atoms with Gasteiger partial charge in [-0.15, -0.1) is 0 Å². The van der Waals surface area contributed by atoms with Crippen molar-refractivity contribution in [2.75, 3.05) is 19.7 Å². The van der Waals surface area contributed by atoms with E-state index in [0.717, 1.165) is 6.54 Å². The third-order valence-corrected chi connectivity index (χ3v) is 2.92. The highest BCUT2D eigenvalue weighted by molar-refractivity contribution is 5.16. The van der Waals surface area contributed by atoms with Crippen LogP contribution in [0.5, 0.6) is 5.75 Å². The minimum atomic E-state index is -0.469. The largest absolute Gasteiger partial charge is 0.490 e. The van der Waals surface area contributed by atoms with Gasteiger partial charge in [0, 0.05) is 12.6 Å². The number of ether oxygens (including phenoxy) is 1. The molecule has 88 valence electrons. The minimum Gasteiger partial charge on any atom is -0.490 e. The summed E-state index contributed by atoms with van der Waals surface area (Å²) in [4.78, 5) is 5.96. The van der Waals surface area contributed by atoms with E-state index in [1.807, 2.05) is 0 Å². The van der Waals surface area contributed by atoms with Gasteiger partial charge in [0.15, 0.2) is 0 Å². The first-order valence-electron chi connectivity index (χ1n) is 5.78. The Morgan fingerprint density at radius 2 is 2.44 bits per heavy atom. The number of hydrogen-bond donors (Lipinski definition) is 0. The maximum absolute atomic E-state index is 12.6. The van der Waals surface area contributed by atoms with Crippen LogP contribution in [-0.4, -0.2) is 35.6 Å². The van der Waals surface area contributed by atoms with E-state index in [4.69, 9.17) is 4.74 Å². The molecule has 0 aliphatic carbocycles. The highest BCUT2D eigenvalue weighted by Gasteiger charge is 2.27. The number of aromatic nitrogens is 1. The van der Waals surface area contributed by atoms with Crippen molar-refractivity contribution in [2.24, 2.45) is 0 Å². The molecule has 1 aliphatic rings. The standard InChI is InChI=1S/C12H17FN2O/c1-2-6-15-7-5-10(15)9-16-11-3-4-12(13)14-8-11/h3-4,8,10H,2,5-7,9H2,1H3/t10-/m1/s1. The molecule has 1 saturated heterocycles. The second-order valence-electron chi connectivity index (χ2n) is 4.11. The van der Waals surface area contributed by atoms with Crippen LogP contribution in [0.3, 0.4) is 0 Å². The molecule has 0 bridgehead atoms. The summed E-state index contributed by atoms with van der Waals surface area (Å²) in [5.41, 5.74) is 0. The Balaban J connectivity index is 1.77. The van der Waals surface area contributed by atoms with Crippen LogP contribution in [0.2, 0.25) is 0 Å². The van der Waals surface area contributed by atoms with Crippen molar-refractivity contribution in [3.8, 4) is 5.75 Å². The van der Waals surface area contributed by atoms with Gasteiger partial charge in [0.05, 0.1) is 6.20 Å². The molecule has 0 N–H and O–H groups in total. The lowest BCUT2D eigenvalue weighted by Gasteiger charge is -2.40. The van der Waals surface area contributed by atoms with Gasteiger partial charge in [-0.25, -0.2) is 4.98 Å². The minimum absolute atomic E-state index is 0.469. The lowest BCUT2D eigenvalue weighted by molar-refractivity contribution is 0.0508. The molecule has 1 aromatic rings. The summed E-state index contributed by atoms with van der Waals surface area (Å²) in [7, 11) is 0. The van der Waals surface area contributed by atoms with Crippen LogP contribution in [0.1, 0.15) is 19.8 Å². The van der Waals surface area contributed by atoms with Crippen LogP contribution >= 0.6 is 0 Å². The molecule has 2 heterocycles. The summed E-state index contributed by atoms with van der Waals surface area (Å²) in [6.45, 7) is 5.16. The van der Waals surface area contributed by atoms with Crippen LogP contribution in [0.25, 0.3) is 0 Å². The number of halogens is 1. The van der Waals surface area contributed by atoms with Gasteiger partial charge in [0.2, 0.25) is 5.95 Å². The van der Waals surface area contributed by atoms with Gasteiger partial charge in [0.25, 0.3) is 0 Å². The molecular formula is C12H17FN2O. The van der Waals surface area contributed by atoms with Crippen molar-refractivity contribution >= 4 is 0 Å². The molecule has 0 saturated carbocycles. The van der Waals surface area contributed by atoms with Gasteiger partial charge in [-0.3, -0.25) is 4.90 Å². The highest BCUT2D eigenvalue weighted by Crippen LogP contribution is 2.19. The second kappa shape index (κ2) is 5.25. The average Bonchev–Trinajstić information content (AvgIpc) is 2.27. The predicted molar refractivity (Wildman–Crippen MR) is 60.0 cm³/mol. The normalized spacial score (nSPS) is 20.5. The fourth-order valence-electron chi connectivity index (χ4n) is 1.90. The SMILES string of the molecule is CCCN1CC[C@@H]1COc1ccc(F)nc1. The Labute approximate surface area is 95.2 Å². The monoisotopic (exact) mass is 224 g/mol. The highest BCUT2D eigenvalue weighted by atomic mass is 19.1. The second-order valence-corrected chi connectivity index (χ2v) is 4.11. The molecule has 0 aromatic carbocycles. The van der Waals surface area contributed by atoms with E-state index in [1.165, 1.54) is 31.6 Å². The molecule has 16 heavy (non-hydrogen) atoms. The fraction of sp³-hybridized carbons (Fsp3) is 0.583. The van der Waals surface area contributed by atoms with E-state index in [9.17, 15) is 4.39 Å². The molecule has 1 fully saturated rings. The van der Waals surface area contributed by atoms with Crippen LogP contribution in [0, 0.1) is 5.95 Å².